The number of guanidine groups is 1. The molecule has 162 valence electrons. The molecular formula is C23H33N5OS. The van der Waals surface area contributed by atoms with E-state index in [-0.39, 0.29) is 0 Å². The Hall–Kier alpha value is -2.09. The number of hydrogen-bond acceptors (Lipinski definition) is 5. The van der Waals surface area contributed by atoms with Gasteiger partial charge in [0.05, 0.1) is 24.8 Å². The van der Waals surface area contributed by atoms with Crippen LogP contribution in [0, 0.1) is 0 Å². The molecule has 0 amide bonds. The zero-order valence-corrected chi connectivity index (χ0v) is 18.7. The first-order valence-electron chi connectivity index (χ1n) is 11.0. The third-order valence-electron chi connectivity index (χ3n) is 5.68. The zero-order chi connectivity index (χ0) is 20.6. The van der Waals surface area contributed by atoms with Gasteiger partial charge in [0, 0.05) is 52.4 Å². The number of piperazine rings is 1. The summed E-state index contributed by atoms with van der Waals surface area (Å²) in [7, 11) is 0. The first-order chi connectivity index (χ1) is 14.8. The number of nitrogens with one attached hydrogen (secondary N) is 1. The molecule has 0 bridgehead atoms. The van der Waals surface area contributed by atoms with Gasteiger partial charge in [0.15, 0.2) is 5.96 Å². The number of ether oxygens (including phenoxy) is 1. The molecule has 0 radical (unpaired) electrons. The van der Waals surface area contributed by atoms with Crippen molar-refractivity contribution in [2.24, 2.45) is 4.99 Å². The average Bonchev–Trinajstić information content (AvgIpc) is 3.34. The fraction of sp³-hybridized carbons (Fsp3) is 0.522. The van der Waals surface area contributed by atoms with E-state index in [4.69, 9.17) is 9.73 Å². The largest absolute Gasteiger partial charge is 0.379 e. The molecule has 0 atom stereocenters. The first kappa shape index (κ1) is 21.2. The lowest BCUT2D eigenvalue weighted by molar-refractivity contribution is 0.0342. The highest BCUT2D eigenvalue weighted by Gasteiger charge is 2.20. The number of thiophene rings is 1. The second kappa shape index (κ2) is 10.8. The highest BCUT2D eigenvalue weighted by molar-refractivity contribution is 7.14. The van der Waals surface area contributed by atoms with Gasteiger partial charge in [0.2, 0.25) is 0 Å². The number of hydrogen-bond donors (Lipinski definition) is 1. The van der Waals surface area contributed by atoms with Gasteiger partial charge < -0.3 is 19.9 Å². The molecule has 0 spiro atoms. The van der Waals surface area contributed by atoms with Crippen LogP contribution in [0.4, 0.5) is 5.00 Å². The Morgan fingerprint density at radius 1 is 1.00 bits per heavy atom. The van der Waals surface area contributed by atoms with Crippen molar-refractivity contribution in [2.75, 3.05) is 63.9 Å². The summed E-state index contributed by atoms with van der Waals surface area (Å²) in [6.07, 6.45) is 0. The van der Waals surface area contributed by atoms with E-state index in [1.54, 1.807) is 0 Å². The van der Waals surface area contributed by atoms with Crippen molar-refractivity contribution in [1.82, 2.24) is 15.1 Å². The van der Waals surface area contributed by atoms with Gasteiger partial charge in [0.1, 0.15) is 0 Å². The van der Waals surface area contributed by atoms with Gasteiger partial charge in [-0.3, -0.25) is 4.90 Å². The molecule has 2 saturated heterocycles. The lowest BCUT2D eigenvalue weighted by Gasteiger charge is -2.37. The molecule has 1 aromatic heterocycles. The van der Waals surface area contributed by atoms with Crippen LogP contribution in [0.2, 0.25) is 0 Å². The Kier molecular flexibility index (Phi) is 7.61. The number of nitrogens with zero attached hydrogens (tertiary/aromatic N) is 4. The van der Waals surface area contributed by atoms with E-state index in [0.29, 0.717) is 6.54 Å². The second-order valence-electron chi connectivity index (χ2n) is 7.80. The molecule has 1 N–H and O–H groups in total. The van der Waals surface area contributed by atoms with Crippen LogP contribution in [0.3, 0.4) is 0 Å². The first-order valence-corrected chi connectivity index (χ1v) is 11.9. The van der Waals surface area contributed by atoms with Crippen LogP contribution < -0.4 is 10.2 Å². The summed E-state index contributed by atoms with van der Waals surface area (Å²) < 4.78 is 5.44. The molecule has 0 unspecified atom stereocenters. The molecule has 2 aliphatic heterocycles. The minimum Gasteiger partial charge on any atom is -0.379 e. The highest BCUT2D eigenvalue weighted by Crippen LogP contribution is 2.22. The van der Waals surface area contributed by atoms with E-state index in [1.807, 2.05) is 11.3 Å². The molecule has 7 heteroatoms. The van der Waals surface area contributed by atoms with Gasteiger partial charge in [-0.25, -0.2) is 4.99 Å². The van der Waals surface area contributed by atoms with Crippen LogP contribution in [-0.2, 0) is 17.8 Å². The van der Waals surface area contributed by atoms with Gasteiger partial charge >= 0.3 is 0 Å². The predicted octanol–water partition coefficient (Wildman–Crippen LogP) is 2.87. The monoisotopic (exact) mass is 427 g/mol. The van der Waals surface area contributed by atoms with Gasteiger partial charge in [-0.05, 0) is 35.6 Å². The Balaban J connectivity index is 1.31. The Morgan fingerprint density at radius 2 is 1.73 bits per heavy atom. The minimum atomic E-state index is 0.714. The van der Waals surface area contributed by atoms with E-state index >= 15 is 0 Å². The summed E-state index contributed by atoms with van der Waals surface area (Å²) in [5.74, 6) is 1.03. The van der Waals surface area contributed by atoms with E-state index < -0.39 is 0 Å². The average molecular weight is 428 g/mol. The molecule has 0 saturated carbocycles. The summed E-state index contributed by atoms with van der Waals surface area (Å²) in [4.78, 5) is 12.2. The predicted molar refractivity (Wildman–Crippen MR) is 125 cm³/mol. The van der Waals surface area contributed by atoms with Crippen molar-refractivity contribution in [2.45, 2.75) is 20.0 Å². The molecule has 2 aromatic rings. The van der Waals surface area contributed by atoms with Crippen molar-refractivity contribution in [3.63, 3.8) is 0 Å². The van der Waals surface area contributed by atoms with E-state index in [2.05, 4.69) is 68.7 Å². The number of anilines is 1. The van der Waals surface area contributed by atoms with Crippen LogP contribution in [0.1, 0.15) is 18.1 Å². The Bertz CT molecular complexity index is 778. The van der Waals surface area contributed by atoms with Crippen molar-refractivity contribution < 1.29 is 4.74 Å². The third kappa shape index (κ3) is 5.74. The summed E-state index contributed by atoms with van der Waals surface area (Å²) in [6, 6.07) is 13.3. The molecule has 4 rings (SSSR count). The summed E-state index contributed by atoms with van der Waals surface area (Å²) in [5, 5.41) is 7.00. The molecule has 0 aliphatic carbocycles. The van der Waals surface area contributed by atoms with Crippen LogP contribution >= 0.6 is 11.3 Å². The Labute approximate surface area is 184 Å². The second-order valence-corrected chi connectivity index (χ2v) is 8.73. The SMILES string of the molecule is CCNC(=NCc1ccc(CN2CCOCC2)cc1)N1CCN(c2cccs2)CC1. The number of benzene rings is 1. The fourth-order valence-corrected chi connectivity index (χ4v) is 4.73. The van der Waals surface area contributed by atoms with Gasteiger partial charge in [-0.15, -0.1) is 11.3 Å². The lowest BCUT2D eigenvalue weighted by Crippen LogP contribution is -2.52. The number of aliphatic imine (C=N–C) groups is 1. The maximum atomic E-state index is 5.44. The van der Waals surface area contributed by atoms with Crippen LogP contribution in [-0.4, -0.2) is 74.8 Å². The van der Waals surface area contributed by atoms with E-state index in [0.717, 1.165) is 71.5 Å². The number of rotatable bonds is 6. The van der Waals surface area contributed by atoms with Gasteiger partial charge in [-0.2, -0.15) is 0 Å². The van der Waals surface area contributed by atoms with Crippen molar-refractivity contribution in [3.05, 3.63) is 52.9 Å². The molecule has 30 heavy (non-hydrogen) atoms. The maximum Gasteiger partial charge on any atom is 0.194 e. The summed E-state index contributed by atoms with van der Waals surface area (Å²) in [5.41, 5.74) is 2.62. The Morgan fingerprint density at radius 3 is 2.40 bits per heavy atom. The normalized spacial score (nSPS) is 18.6. The van der Waals surface area contributed by atoms with Crippen molar-refractivity contribution in [1.29, 1.82) is 0 Å². The van der Waals surface area contributed by atoms with Crippen LogP contribution in [0.5, 0.6) is 0 Å². The quantitative estimate of drug-likeness (QED) is 0.567. The minimum absolute atomic E-state index is 0.714. The maximum absolute atomic E-state index is 5.44. The molecule has 1 aromatic carbocycles. The third-order valence-corrected chi connectivity index (χ3v) is 6.61. The summed E-state index contributed by atoms with van der Waals surface area (Å²) in [6.45, 7) is 12.6. The lowest BCUT2D eigenvalue weighted by atomic mass is 10.1. The molecule has 2 fully saturated rings. The fourth-order valence-electron chi connectivity index (χ4n) is 3.95. The topological polar surface area (TPSA) is 43.3 Å². The molecule has 3 heterocycles. The summed E-state index contributed by atoms with van der Waals surface area (Å²) >= 11 is 1.82. The van der Waals surface area contributed by atoms with Gasteiger partial charge in [-0.1, -0.05) is 24.3 Å². The van der Waals surface area contributed by atoms with Crippen molar-refractivity contribution in [3.8, 4) is 0 Å². The smallest absolute Gasteiger partial charge is 0.194 e. The number of morpholine rings is 1. The highest BCUT2D eigenvalue weighted by atomic mass is 32.1. The van der Waals surface area contributed by atoms with E-state index in [1.165, 1.54) is 16.1 Å². The molecular weight excluding hydrogens is 394 g/mol. The molecule has 6 nitrogen and oxygen atoms in total. The molecule has 2 aliphatic rings. The van der Waals surface area contributed by atoms with Crippen LogP contribution in [0.15, 0.2) is 46.8 Å². The van der Waals surface area contributed by atoms with E-state index in [9.17, 15) is 0 Å². The standard InChI is InChI=1S/C23H33N5OS/c1-2-24-23(28-11-9-27(10-12-28)22-4-3-17-30-22)25-18-20-5-7-21(8-6-20)19-26-13-15-29-16-14-26/h3-8,17H,2,9-16,18-19H2,1H3,(H,24,25). The van der Waals surface area contributed by atoms with Crippen molar-refractivity contribution >= 4 is 22.3 Å². The van der Waals surface area contributed by atoms with Gasteiger partial charge in [0.25, 0.3) is 0 Å². The zero-order valence-electron chi connectivity index (χ0n) is 17.9. The van der Waals surface area contributed by atoms with Crippen LogP contribution in [0.25, 0.3) is 0 Å².